The Morgan fingerprint density at radius 2 is 2.10 bits per heavy atom. The lowest BCUT2D eigenvalue weighted by atomic mass is 9.90. The second kappa shape index (κ2) is 2.26. The van der Waals surface area contributed by atoms with E-state index in [2.05, 4.69) is 19.1 Å². The van der Waals surface area contributed by atoms with E-state index in [4.69, 9.17) is 0 Å². The normalized spacial score (nSPS) is 31.1. The fourth-order valence-corrected chi connectivity index (χ4v) is 1.91. The van der Waals surface area contributed by atoms with E-state index in [0.717, 1.165) is 0 Å². The van der Waals surface area contributed by atoms with Crippen molar-refractivity contribution in [3.63, 3.8) is 0 Å². The van der Waals surface area contributed by atoms with Gasteiger partial charge in [0.15, 0.2) is 0 Å². The maximum atomic E-state index is 4.08. The minimum Gasteiger partial charge on any atom is -0.0771 e. The highest BCUT2D eigenvalue weighted by Crippen LogP contribution is 2.35. The van der Waals surface area contributed by atoms with E-state index < -0.39 is 0 Å². The molecule has 0 spiro atoms. The van der Waals surface area contributed by atoms with E-state index in [9.17, 15) is 0 Å². The smallest absolute Gasteiger partial charge is 0.00139 e. The molecular formula is C10H13. The van der Waals surface area contributed by atoms with Gasteiger partial charge < -0.3 is 0 Å². The van der Waals surface area contributed by atoms with Crippen LogP contribution in [0.2, 0.25) is 0 Å². The van der Waals surface area contributed by atoms with Gasteiger partial charge in [0.25, 0.3) is 0 Å². The molecule has 0 nitrogen and oxygen atoms in total. The summed E-state index contributed by atoms with van der Waals surface area (Å²) >= 11 is 0. The van der Waals surface area contributed by atoms with E-state index >= 15 is 0 Å². The standard InChI is InChI=1S/C10H13/c1-8-6-7-9-4-2-3-5-10(8)9/h6-8H,1-5H2. The Labute approximate surface area is 62.6 Å². The zero-order valence-corrected chi connectivity index (χ0v) is 6.27. The molecule has 2 aliphatic carbocycles. The third-order valence-electron chi connectivity index (χ3n) is 2.53. The van der Waals surface area contributed by atoms with Gasteiger partial charge in [0.2, 0.25) is 0 Å². The maximum Gasteiger partial charge on any atom is -0.00139 e. The van der Waals surface area contributed by atoms with E-state index in [1.807, 2.05) is 0 Å². The van der Waals surface area contributed by atoms with Crippen molar-refractivity contribution < 1.29 is 0 Å². The van der Waals surface area contributed by atoms with Gasteiger partial charge in [0.05, 0.1) is 0 Å². The lowest BCUT2D eigenvalue weighted by Gasteiger charge is -2.16. The number of allylic oxidation sites excluding steroid dienone is 4. The van der Waals surface area contributed by atoms with Crippen LogP contribution in [0.4, 0.5) is 0 Å². The summed E-state index contributed by atoms with van der Waals surface area (Å²) in [6.45, 7) is 4.08. The molecule has 0 aromatic heterocycles. The van der Waals surface area contributed by atoms with Crippen molar-refractivity contribution in [2.45, 2.75) is 25.7 Å². The summed E-state index contributed by atoms with van der Waals surface area (Å²) in [5.41, 5.74) is 3.21. The van der Waals surface area contributed by atoms with Crippen LogP contribution in [0.1, 0.15) is 25.7 Å². The molecule has 0 heterocycles. The Morgan fingerprint density at radius 1 is 1.30 bits per heavy atom. The fourth-order valence-electron chi connectivity index (χ4n) is 1.91. The molecule has 0 aromatic rings. The Kier molecular flexibility index (Phi) is 1.40. The molecule has 0 amide bonds. The predicted molar refractivity (Wildman–Crippen MR) is 43.5 cm³/mol. The second-order valence-electron chi connectivity index (χ2n) is 3.22. The largest absolute Gasteiger partial charge is 0.0771 e. The summed E-state index contributed by atoms with van der Waals surface area (Å²) in [7, 11) is 0. The third-order valence-corrected chi connectivity index (χ3v) is 2.53. The molecule has 0 bridgehead atoms. The molecular weight excluding hydrogens is 120 g/mol. The van der Waals surface area contributed by atoms with Gasteiger partial charge in [-0.05, 0) is 44.1 Å². The van der Waals surface area contributed by atoms with Crippen LogP contribution in [-0.4, -0.2) is 0 Å². The van der Waals surface area contributed by atoms with Crippen molar-refractivity contribution in [2.75, 3.05) is 0 Å². The third kappa shape index (κ3) is 0.828. The number of rotatable bonds is 0. The van der Waals surface area contributed by atoms with Crippen molar-refractivity contribution in [3.05, 3.63) is 30.2 Å². The minimum atomic E-state index is 0.510. The van der Waals surface area contributed by atoms with Crippen molar-refractivity contribution in [2.24, 2.45) is 5.92 Å². The molecule has 0 N–H and O–H groups in total. The average molecular weight is 133 g/mol. The molecule has 53 valence electrons. The summed E-state index contributed by atoms with van der Waals surface area (Å²) < 4.78 is 0. The molecule has 1 atom stereocenters. The lowest BCUT2D eigenvalue weighted by Crippen LogP contribution is -1.99. The number of hydrogen-bond acceptors (Lipinski definition) is 0. The van der Waals surface area contributed by atoms with Gasteiger partial charge in [-0.2, -0.15) is 0 Å². The van der Waals surface area contributed by atoms with E-state index in [0.29, 0.717) is 5.92 Å². The first-order chi connectivity index (χ1) is 4.88. The molecule has 0 saturated carbocycles. The Bertz CT molecular complexity index is 196. The molecule has 0 aromatic carbocycles. The first-order valence-electron chi connectivity index (χ1n) is 4.11. The first kappa shape index (κ1) is 6.21. The molecule has 1 unspecified atom stereocenters. The predicted octanol–water partition coefficient (Wildman–Crippen LogP) is 2.88. The molecule has 1 radical (unpaired) electrons. The van der Waals surface area contributed by atoms with Gasteiger partial charge in [-0.25, -0.2) is 0 Å². The Morgan fingerprint density at radius 3 is 2.90 bits per heavy atom. The van der Waals surface area contributed by atoms with Crippen molar-refractivity contribution in [1.82, 2.24) is 0 Å². The Hall–Kier alpha value is -0.520. The van der Waals surface area contributed by atoms with E-state index in [1.165, 1.54) is 25.7 Å². The highest BCUT2D eigenvalue weighted by molar-refractivity contribution is 5.38. The van der Waals surface area contributed by atoms with Crippen molar-refractivity contribution in [1.29, 1.82) is 0 Å². The van der Waals surface area contributed by atoms with Crippen LogP contribution in [0.5, 0.6) is 0 Å². The summed E-state index contributed by atoms with van der Waals surface area (Å²) in [5.74, 6) is 0.510. The summed E-state index contributed by atoms with van der Waals surface area (Å²) in [6, 6.07) is 0. The van der Waals surface area contributed by atoms with E-state index in [-0.39, 0.29) is 0 Å². The van der Waals surface area contributed by atoms with Crippen LogP contribution in [-0.2, 0) is 0 Å². The first-order valence-corrected chi connectivity index (χ1v) is 4.11. The maximum absolute atomic E-state index is 4.08. The minimum absolute atomic E-state index is 0.510. The zero-order valence-electron chi connectivity index (χ0n) is 6.27. The van der Waals surface area contributed by atoms with Crippen LogP contribution in [0.3, 0.4) is 0 Å². The van der Waals surface area contributed by atoms with Gasteiger partial charge in [-0.1, -0.05) is 17.7 Å². The SMILES string of the molecule is [CH2]C1C=CC2=C1CCCC2. The van der Waals surface area contributed by atoms with Crippen LogP contribution in [0.15, 0.2) is 23.3 Å². The zero-order chi connectivity index (χ0) is 6.97. The van der Waals surface area contributed by atoms with Crippen molar-refractivity contribution in [3.8, 4) is 0 Å². The van der Waals surface area contributed by atoms with Gasteiger partial charge in [-0.15, -0.1) is 0 Å². The van der Waals surface area contributed by atoms with Crippen molar-refractivity contribution >= 4 is 0 Å². The number of hydrogen-bond donors (Lipinski definition) is 0. The van der Waals surface area contributed by atoms with Gasteiger partial charge >= 0.3 is 0 Å². The van der Waals surface area contributed by atoms with Crippen LogP contribution in [0.25, 0.3) is 0 Å². The summed E-state index contributed by atoms with van der Waals surface area (Å²) in [5, 5.41) is 0. The highest BCUT2D eigenvalue weighted by Gasteiger charge is 2.18. The van der Waals surface area contributed by atoms with Gasteiger partial charge in [0, 0.05) is 0 Å². The van der Waals surface area contributed by atoms with Crippen LogP contribution < -0.4 is 0 Å². The lowest BCUT2D eigenvalue weighted by molar-refractivity contribution is 0.659. The highest BCUT2D eigenvalue weighted by atomic mass is 14.2. The molecule has 0 saturated heterocycles. The molecule has 0 aliphatic heterocycles. The van der Waals surface area contributed by atoms with Crippen LogP contribution >= 0.6 is 0 Å². The Balaban J connectivity index is 2.27. The summed E-state index contributed by atoms with van der Waals surface area (Å²) in [6.07, 6.45) is 9.87. The van der Waals surface area contributed by atoms with Gasteiger partial charge in [-0.3, -0.25) is 0 Å². The summed E-state index contributed by atoms with van der Waals surface area (Å²) in [4.78, 5) is 0. The van der Waals surface area contributed by atoms with E-state index in [1.54, 1.807) is 11.1 Å². The topological polar surface area (TPSA) is 0 Å². The monoisotopic (exact) mass is 133 g/mol. The molecule has 0 heteroatoms. The second-order valence-corrected chi connectivity index (χ2v) is 3.22. The molecule has 2 aliphatic rings. The average Bonchev–Trinajstić information content (AvgIpc) is 2.34. The quantitative estimate of drug-likeness (QED) is 0.476. The molecule has 0 fully saturated rings. The van der Waals surface area contributed by atoms with Crippen LogP contribution in [0, 0.1) is 12.8 Å². The fraction of sp³-hybridized carbons (Fsp3) is 0.500. The molecule has 10 heavy (non-hydrogen) atoms. The van der Waals surface area contributed by atoms with Gasteiger partial charge in [0.1, 0.15) is 0 Å². The molecule has 2 rings (SSSR count).